The predicted molar refractivity (Wildman–Crippen MR) is 65.0 cm³/mol. The van der Waals surface area contributed by atoms with Gasteiger partial charge in [0, 0.05) is 5.92 Å². The van der Waals surface area contributed by atoms with E-state index in [1.54, 1.807) is 0 Å². The average molecular weight is 227 g/mol. The summed E-state index contributed by atoms with van der Waals surface area (Å²) < 4.78 is 0. The van der Waals surface area contributed by atoms with Crippen molar-refractivity contribution in [2.24, 2.45) is 11.8 Å². The van der Waals surface area contributed by atoms with Crippen LogP contribution in [0.1, 0.15) is 52.9 Å². The Bertz CT molecular complexity index is 230. The van der Waals surface area contributed by atoms with Crippen molar-refractivity contribution < 1.29 is 9.90 Å². The quantitative estimate of drug-likeness (QED) is 0.772. The van der Waals surface area contributed by atoms with E-state index in [1.807, 2.05) is 13.8 Å². The highest BCUT2D eigenvalue weighted by atomic mass is 16.3. The van der Waals surface area contributed by atoms with Crippen molar-refractivity contribution >= 4 is 5.91 Å². The molecule has 3 heteroatoms. The third-order valence-corrected chi connectivity index (χ3v) is 3.65. The first-order valence-electron chi connectivity index (χ1n) is 6.41. The van der Waals surface area contributed by atoms with Crippen LogP contribution in [0.3, 0.4) is 0 Å². The van der Waals surface area contributed by atoms with Crippen LogP contribution in [-0.4, -0.2) is 23.2 Å². The molecule has 0 aromatic carbocycles. The van der Waals surface area contributed by atoms with Gasteiger partial charge in [-0.1, -0.05) is 13.3 Å². The highest BCUT2D eigenvalue weighted by Crippen LogP contribution is 2.30. The Balaban J connectivity index is 2.39. The minimum Gasteiger partial charge on any atom is -0.394 e. The smallest absolute Gasteiger partial charge is 0.223 e. The Morgan fingerprint density at radius 2 is 1.88 bits per heavy atom. The highest BCUT2D eigenvalue weighted by Gasteiger charge is 2.28. The standard InChI is InChI=1S/C13H25NO2/c1-4-10-5-7-11(8-6-10)12(16)14-13(2,3)9-15/h10-11,15H,4-9H2,1-3H3,(H,14,16). The van der Waals surface area contributed by atoms with Gasteiger partial charge in [-0.3, -0.25) is 4.79 Å². The van der Waals surface area contributed by atoms with Crippen molar-refractivity contribution in [1.82, 2.24) is 5.32 Å². The third kappa shape index (κ3) is 3.78. The Morgan fingerprint density at radius 3 is 2.31 bits per heavy atom. The molecule has 3 nitrogen and oxygen atoms in total. The molecule has 0 atom stereocenters. The minimum absolute atomic E-state index is 0.0109. The van der Waals surface area contributed by atoms with Crippen LogP contribution in [0.5, 0.6) is 0 Å². The molecule has 94 valence electrons. The first-order valence-corrected chi connectivity index (χ1v) is 6.41. The van der Waals surface area contributed by atoms with Gasteiger partial charge in [-0.2, -0.15) is 0 Å². The van der Waals surface area contributed by atoms with Gasteiger partial charge in [-0.05, 0) is 45.4 Å². The van der Waals surface area contributed by atoms with Crippen molar-refractivity contribution in [3.05, 3.63) is 0 Å². The van der Waals surface area contributed by atoms with Gasteiger partial charge in [0.1, 0.15) is 0 Å². The normalized spacial score (nSPS) is 26.5. The first-order chi connectivity index (χ1) is 7.48. The molecule has 1 amide bonds. The summed E-state index contributed by atoms with van der Waals surface area (Å²) in [5.74, 6) is 1.09. The van der Waals surface area contributed by atoms with Crippen LogP contribution < -0.4 is 5.32 Å². The minimum atomic E-state index is -0.487. The molecule has 1 fully saturated rings. The summed E-state index contributed by atoms with van der Waals surface area (Å²) in [7, 11) is 0. The summed E-state index contributed by atoms with van der Waals surface area (Å²) in [6.07, 6.45) is 5.59. The summed E-state index contributed by atoms with van der Waals surface area (Å²) in [6, 6.07) is 0. The van der Waals surface area contributed by atoms with Crippen molar-refractivity contribution in [2.45, 2.75) is 58.4 Å². The number of amides is 1. The topological polar surface area (TPSA) is 49.3 Å². The summed E-state index contributed by atoms with van der Waals surface area (Å²) in [5, 5.41) is 12.0. The van der Waals surface area contributed by atoms with Crippen LogP contribution >= 0.6 is 0 Å². The summed E-state index contributed by atoms with van der Waals surface area (Å²) in [6.45, 7) is 5.91. The molecule has 0 aromatic rings. The molecule has 1 aliphatic rings. The Kier molecular flexibility index (Phi) is 4.78. The Hall–Kier alpha value is -0.570. The maximum absolute atomic E-state index is 11.9. The number of rotatable bonds is 4. The lowest BCUT2D eigenvalue weighted by molar-refractivity contribution is -0.128. The van der Waals surface area contributed by atoms with Gasteiger partial charge < -0.3 is 10.4 Å². The molecule has 0 spiro atoms. The van der Waals surface area contributed by atoms with Crippen molar-refractivity contribution in [3.63, 3.8) is 0 Å². The third-order valence-electron chi connectivity index (χ3n) is 3.65. The zero-order valence-electron chi connectivity index (χ0n) is 10.8. The van der Waals surface area contributed by atoms with E-state index in [2.05, 4.69) is 12.2 Å². The maximum atomic E-state index is 11.9. The van der Waals surface area contributed by atoms with E-state index in [1.165, 1.54) is 19.3 Å². The van der Waals surface area contributed by atoms with Gasteiger partial charge in [0.2, 0.25) is 5.91 Å². The fourth-order valence-electron chi connectivity index (χ4n) is 2.31. The van der Waals surface area contributed by atoms with E-state index in [0.717, 1.165) is 18.8 Å². The first kappa shape index (κ1) is 13.5. The van der Waals surface area contributed by atoms with E-state index in [4.69, 9.17) is 5.11 Å². The molecule has 0 saturated heterocycles. The van der Waals surface area contributed by atoms with E-state index in [0.29, 0.717) is 0 Å². The van der Waals surface area contributed by atoms with Gasteiger partial charge in [-0.15, -0.1) is 0 Å². The molecule has 0 aromatic heterocycles. The van der Waals surface area contributed by atoms with Crippen LogP contribution in [0.25, 0.3) is 0 Å². The molecule has 1 saturated carbocycles. The molecule has 0 aliphatic heterocycles. The van der Waals surface area contributed by atoms with Crippen molar-refractivity contribution in [1.29, 1.82) is 0 Å². The number of aliphatic hydroxyl groups excluding tert-OH is 1. The van der Waals surface area contributed by atoms with Crippen molar-refractivity contribution in [2.75, 3.05) is 6.61 Å². The molecule has 16 heavy (non-hydrogen) atoms. The van der Waals surface area contributed by atoms with Gasteiger partial charge in [0.05, 0.1) is 12.1 Å². The predicted octanol–water partition coefficient (Wildman–Crippen LogP) is 2.09. The lowest BCUT2D eigenvalue weighted by Gasteiger charge is -2.30. The van der Waals surface area contributed by atoms with Crippen LogP contribution in [0, 0.1) is 11.8 Å². The van der Waals surface area contributed by atoms with Gasteiger partial charge in [0.25, 0.3) is 0 Å². The van der Waals surface area contributed by atoms with Crippen LogP contribution in [0.4, 0.5) is 0 Å². The molecular formula is C13H25NO2. The Labute approximate surface area is 98.6 Å². The molecule has 1 aliphatic carbocycles. The number of hydrogen-bond donors (Lipinski definition) is 2. The lowest BCUT2D eigenvalue weighted by atomic mass is 9.80. The van der Waals surface area contributed by atoms with E-state index < -0.39 is 5.54 Å². The summed E-state index contributed by atoms with van der Waals surface area (Å²) in [5.41, 5.74) is -0.487. The molecular weight excluding hydrogens is 202 g/mol. The summed E-state index contributed by atoms with van der Waals surface area (Å²) in [4.78, 5) is 11.9. The lowest BCUT2D eigenvalue weighted by Crippen LogP contribution is -2.49. The fraction of sp³-hybridized carbons (Fsp3) is 0.923. The van der Waals surface area contributed by atoms with E-state index >= 15 is 0 Å². The second-order valence-corrected chi connectivity index (χ2v) is 5.66. The molecule has 0 radical (unpaired) electrons. The Morgan fingerprint density at radius 1 is 1.31 bits per heavy atom. The molecule has 2 N–H and O–H groups in total. The molecule has 0 bridgehead atoms. The number of nitrogens with one attached hydrogen (secondary N) is 1. The average Bonchev–Trinajstić information content (AvgIpc) is 2.28. The van der Waals surface area contributed by atoms with Crippen LogP contribution in [0.2, 0.25) is 0 Å². The van der Waals surface area contributed by atoms with Gasteiger partial charge >= 0.3 is 0 Å². The zero-order valence-corrected chi connectivity index (χ0v) is 10.8. The number of carbonyl (C=O) groups excluding carboxylic acids is 1. The highest BCUT2D eigenvalue weighted by molar-refractivity contribution is 5.79. The van der Waals surface area contributed by atoms with Crippen LogP contribution in [-0.2, 0) is 4.79 Å². The second kappa shape index (κ2) is 5.67. The van der Waals surface area contributed by atoms with E-state index in [-0.39, 0.29) is 18.4 Å². The second-order valence-electron chi connectivity index (χ2n) is 5.66. The molecule has 0 unspecified atom stereocenters. The number of aliphatic hydroxyl groups is 1. The molecule has 0 heterocycles. The summed E-state index contributed by atoms with van der Waals surface area (Å²) >= 11 is 0. The monoisotopic (exact) mass is 227 g/mol. The number of carbonyl (C=O) groups is 1. The largest absolute Gasteiger partial charge is 0.394 e. The van der Waals surface area contributed by atoms with Gasteiger partial charge in [0.15, 0.2) is 0 Å². The van der Waals surface area contributed by atoms with Crippen LogP contribution in [0.15, 0.2) is 0 Å². The fourth-order valence-corrected chi connectivity index (χ4v) is 2.31. The SMILES string of the molecule is CCC1CCC(C(=O)NC(C)(C)CO)CC1. The van der Waals surface area contributed by atoms with E-state index in [9.17, 15) is 4.79 Å². The molecule has 1 rings (SSSR count). The maximum Gasteiger partial charge on any atom is 0.223 e. The van der Waals surface area contributed by atoms with Crippen molar-refractivity contribution in [3.8, 4) is 0 Å². The van der Waals surface area contributed by atoms with Gasteiger partial charge in [-0.25, -0.2) is 0 Å². The number of hydrogen-bond acceptors (Lipinski definition) is 2. The zero-order chi connectivity index (χ0) is 12.2.